The molecule has 0 N–H and O–H groups in total. The summed E-state index contributed by atoms with van der Waals surface area (Å²) in [6.07, 6.45) is 9.17. The quantitative estimate of drug-likeness (QED) is 0.681. The van der Waals surface area contributed by atoms with Crippen LogP contribution in [0.3, 0.4) is 0 Å². The molecule has 2 rings (SSSR count). The summed E-state index contributed by atoms with van der Waals surface area (Å²) in [6, 6.07) is 8.81. The standard InChI is InChI=1S/C16H20/c1-4-14-7-5-6-8-15(14)16(3)11-9-13(2)10-12-16/h5-11H,4,12H2,1-3H3. The van der Waals surface area contributed by atoms with E-state index in [4.69, 9.17) is 0 Å². The lowest BCUT2D eigenvalue weighted by molar-refractivity contribution is 0.590. The predicted molar refractivity (Wildman–Crippen MR) is 70.7 cm³/mol. The highest BCUT2D eigenvalue weighted by Crippen LogP contribution is 2.35. The Hall–Kier alpha value is -1.30. The Morgan fingerprint density at radius 3 is 2.62 bits per heavy atom. The molecule has 0 bridgehead atoms. The van der Waals surface area contributed by atoms with E-state index >= 15 is 0 Å². The second-order valence-corrected chi connectivity index (χ2v) is 4.91. The summed E-state index contributed by atoms with van der Waals surface area (Å²) in [5.74, 6) is 0. The number of benzene rings is 1. The zero-order valence-electron chi connectivity index (χ0n) is 10.5. The number of hydrogen-bond donors (Lipinski definition) is 0. The second kappa shape index (κ2) is 4.29. The van der Waals surface area contributed by atoms with Gasteiger partial charge in [0.2, 0.25) is 0 Å². The SMILES string of the molecule is CCc1ccccc1C1(C)C=CC(C)=CC1. The van der Waals surface area contributed by atoms with E-state index in [1.807, 2.05) is 0 Å². The summed E-state index contributed by atoms with van der Waals surface area (Å²) in [6.45, 7) is 6.73. The van der Waals surface area contributed by atoms with Crippen molar-refractivity contribution in [3.63, 3.8) is 0 Å². The van der Waals surface area contributed by atoms with Crippen molar-refractivity contribution in [2.75, 3.05) is 0 Å². The fourth-order valence-electron chi connectivity index (χ4n) is 2.41. The van der Waals surface area contributed by atoms with Crippen molar-refractivity contribution < 1.29 is 0 Å². The maximum absolute atomic E-state index is 2.36. The van der Waals surface area contributed by atoms with Gasteiger partial charge in [0.25, 0.3) is 0 Å². The summed E-state index contributed by atoms with van der Waals surface area (Å²) in [5.41, 5.74) is 4.53. The van der Waals surface area contributed by atoms with Crippen molar-refractivity contribution in [1.29, 1.82) is 0 Å². The Morgan fingerprint density at radius 1 is 1.25 bits per heavy atom. The molecular formula is C16H20. The Labute approximate surface area is 98.7 Å². The highest BCUT2D eigenvalue weighted by molar-refractivity contribution is 5.41. The van der Waals surface area contributed by atoms with Crippen LogP contribution in [0.2, 0.25) is 0 Å². The van der Waals surface area contributed by atoms with Gasteiger partial charge in [-0.25, -0.2) is 0 Å². The lowest BCUT2D eigenvalue weighted by atomic mass is 9.74. The molecule has 1 aliphatic rings. The van der Waals surface area contributed by atoms with Gasteiger partial charge in [-0.15, -0.1) is 0 Å². The summed E-state index contributed by atoms with van der Waals surface area (Å²) in [7, 11) is 0. The maximum atomic E-state index is 2.36. The van der Waals surface area contributed by atoms with Gasteiger partial charge >= 0.3 is 0 Å². The van der Waals surface area contributed by atoms with Crippen LogP contribution in [0, 0.1) is 0 Å². The molecule has 0 fully saturated rings. The van der Waals surface area contributed by atoms with Gasteiger partial charge in [-0.1, -0.05) is 61.9 Å². The van der Waals surface area contributed by atoms with Crippen LogP contribution < -0.4 is 0 Å². The minimum atomic E-state index is 0.187. The third kappa shape index (κ3) is 1.97. The van der Waals surface area contributed by atoms with E-state index in [0.717, 1.165) is 12.8 Å². The molecule has 0 nitrogen and oxygen atoms in total. The van der Waals surface area contributed by atoms with E-state index < -0.39 is 0 Å². The molecule has 1 aromatic carbocycles. The average Bonchev–Trinajstić information content (AvgIpc) is 2.33. The predicted octanol–water partition coefficient (Wildman–Crippen LogP) is 4.41. The van der Waals surface area contributed by atoms with E-state index in [1.54, 1.807) is 0 Å². The smallest absolute Gasteiger partial charge is 0.0144 e. The van der Waals surface area contributed by atoms with E-state index in [-0.39, 0.29) is 5.41 Å². The van der Waals surface area contributed by atoms with Crippen LogP contribution in [-0.2, 0) is 11.8 Å². The molecule has 0 saturated carbocycles. The van der Waals surface area contributed by atoms with Crippen molar-refractivity contribution in [2.45, 2.75) is 39.0 Å². The highest BCUT2D eigenvalue weighted by Gasteiger charge is 2.25. The first-order chi connectivity index (χ1) is 7.65. The first-order valence-corrected chi connectivity index (χ1v) is 6.10. The zero-order chi connectivity index (χ0) is 11.6. The van der Waals surface area contributed by atoms with Gasteiger partial charge in [0, 0.05) is 5.41 Å². The highest BCUT2D eigenvalue weighted by atomic mass is 14.3. The number of allylic oxidation sites excluding steroid dienone is 4. The molecule has 0 heterocycles. The molecule has 0 saturated heterocycles. The van der Waals surface area contributed by atoms with Crippen molar-refractivity contribution in [3.05, 3.63) is 59.2 Å². The summed E-state index contributed by atoms with van der Waals surface area (Å²) in [4.78, 5) is 0. The van der Waals surface area contributed by atoms with Crippen LogP contribution in [0.15, 0.2) is 48.1 Å². The third-order valence-corrected chi connectivity index (χ3v) is 3.58. The molecule has 0 aliphatic heterocycles. The maximum Gasteiger partial charge on any atom is 0.0144 e. The molecule has 1 atom stereocenters. The van der Waals surface area contributed by atoms with Crippen LogP contribution in [0.4, 0.5) is 0 Å². The van der Waals surface area contributed by atoms with E-state index in [0.29, 0.717) is 0 Å². The average molecular weight is 212 g/mol. The zero-order valence-corrected chi connectivity index (χ0v) is 10.5. The Bertz CT molecular complexity index is 437. The van der Waals surface area contributed by atoms with Gasteiger partial charge in [0.15, 0.2) is 0 Å². The first kappa shape index (κ1) is 11.2. The normalized spacial score (nSPS) is 24.3. The van der Waals surface area contributed by atoms with Crippen molar-refractivity contribution in [2.24, 2.45) is 0 Å². The van der Waals surface area contributed by atoms with Crippen molar-refractivity contribution in [3.8, 4) is 0 Å². The van der Waals surface area contributed by atoms with E-state index in [9.17, 15) is 0 Å². The second-order valence-electron chi connectivity index (χ2n) is 4.91. The first-order valence-electron chi connectivity index (χ1n) is 6.10. The Morgan fingerprint density at radius 2 is 2.00 bits per heavy atom. The van der Waals surface area contributed by atoms with Gasteiger partial charge in [0.05, 0.1) is 0 Å². The molecule has 1 aliphatic carbocycles. The van der Waals surface area contributed by atoms with Crippen LogP contribution in [-0.4, -0.2) is 0 Å². The van der Waals surface area contributed by atoms with Crippen LogP contribution in [0.5, 0.6) is 0 Å². The molecule has 0 radical (unpaired) electrons. The summed E-state index contributed by atoms with van der Waals surface area (Å²) < 4.78 is 0. The fourth-order valence-corrected chi connectivity index (χ4v) is 2.41. The van der Waals surface area contributed by atoms with Crippen molar-refractivity contribution in [1.82, 2.24) is 0 Å². The molecule has 0 amide bonds. The minimum absolute atomic E-state index is 0.187. The number of hydrogen-bond acceptors (Lipinski definition) is 0. The number of rotatable bonds is 2. The molecule has 0 spiro atoms. The lowest BCUT2D eigenvalue weighted by Gasteiger charge is -2.30. The monoisotopic (exact) mass is 212 g/mol. The molecule has 0 heteroatoms. The molecule has 16 heavy (non-hydrogen) atoms. The number of aryl methyl sites for hydroxylation is 1. The Balaban J connectivity index is 2.41. The van der Waals surface area contributed by atoms with Gasteiger partial charge < -0.3 is 0 Å². The van der Waals surface area contributed by atoms with Gasteiger partial charge in [-0.3, -0.25) is 0 Å². The topological polar surface area (TPSA) is 0 Å². The third-order valence-electron chi connectivity index (χ3n) is 3.58. The molecular weight excluding hydrogens is 192 g/mol. The fraction of sp³-hybridized carbons (Fsp3) is 0.375. The molecule has 1 aromatic rings. The lowest BCUT2D eigenvalue weighted by Crippen LogP contribution is -2.21. The molecule has 0 aromatic heterocycles. The molecule has 1 unspecified atom stereocenters. The largest absolute Gasteiger partial charge is 0.0804 e. The minimum Gasteiger partial charge on any atom is -0.0804 e. The summed E-state index contributed by atoms with van der Waals surface area (Å²) in [5, 5.41) is 0. The van der Waals surface area contributed by atoms with Crippen LogP contribution in [0.1, 0.15) is 38.3 Å². The van der Waals surface area contributed by atoms with Crippen LogP contribution >= 0.6 is 0 Å². The van der Waals surface area contributed by atoms with Crippen molar-refractivity contribution >= 4 is 0 Å². The Kier molecular flexibility index (Phi) is 3.00. The summed E-state index contributed by atoms with van der Waals surface area (Å²) >= 11 is 0. The van der Waals surface area contributed by atoms with Gasteiger partial charge in [-0.05, 0) is 30.9 Å². The van der Waals surface area contributed by atoms with E-state index in [1.165, 1.54) is 16.7 Å². The van der Waals surface area contributed by atoms with Gasteiger partial charge in [0.1, 0.15) is 0 Å². The van der Waals surface area contributed by atoms with Crippen LogP contribution in [0.25, 0.3) is 0 Å². The van der Waals surface area contributed by atoms with E-state index in [2.05, 4.69) is 63.3 Å². The van der Waals surface area contributed by atoms with Gasteiger partial charge in [-0.2, -0.15) is 0 Å². The molecule has 84 valence electrons.